The number of unbranched alkanes of at least 4 members (excludes halogenated alkanes) is 1. The summed E-state index contributed by atoms with van der Waals surface area (Å²) in [5.41, 5.74) is 1.36. The molecule has 0 heterocycles. The largest absolute Gasteiger partial charge is 0.494 e. The van der Waals surface area contributed by atoms with E-state index in [1.807, 2.05) is 0 Å². The lowest BCUT2D eigenvalue weighted by molar-refractivity contribution is 0.254. The fourth-order valence-electron chi connectivity index (χ4n) is 3.25. The molecule has 118 valence electrons. The van der Waals surface area contributed by atoms with Crippen LogP contribution in [0.2, 0.25) is 0 Å². The van der Waals surface area contributed by atoms with Crippen molar-refractivity contribution in [3.63, 3.8) is 0 Å². The van der Waals surface area contributed by atoms with Crippen molar-refractivity contribution in [2.75, 3.05) is 6.61 Å². The highest BCUT2D eigenvalue weighted by atomic mass is 16.5. The highest BCUT2D eigenvalue weighted by Crippen LogP contribution is 2.27. The molecule has 0 bridgehead atoms. The Morgan fingerprint density at radius 2 is 1.86 bits per heavy atom. The molecular weight excluding hydrogens is 258 g/mol. The van der Waals surface area contributed by atoms with E-state index in [0.717, 1.165) is 31.2 Å². The zero-order valence-electron chi connectivity index (χ0n) is 13.7. The third-order valence-corrected chi connectivity index (χ3v) is 4.69. The molecule has 1 aliphatic carbocycles. The normalized spacial score (nSPS) is 22.2. The quantitative estimate of drug-likeness (QED) is 0.686. The maximum atomic E-state index is 5.71. The van der Waals surface area contributed by atoms with Crippen LogP contribution in [0.3, 0.4) is 0 Å². The molecule has 0 radical (unpaired) electrons. The second kappa shape index (κ2) is 9.09. The molecule has 1 fully saturated rings. The van der Waals surface area contributed by atoms with Crippen molar-refractivity contribution in [1.82, 2.24) is 5.32 Å². The van der Waals surface area contributed by atoms with Crippen LogP contribution in [-0.4, -0.2) is 12.6 Å². The Bertz CT molecular complexity index is 387. The van der Waals surface area contributed by atoms with Crippen LogP contribution in [0.4, 0.5) is 0 Å². The van der Waals surface area contributed by atoms with Crippen LogP contribution in [0.5, 0.6) is 5.75 Å². The summed E-state index contributed by atoms with van der Waals surface area (Å²) in [6.07, 6.45) is 9.17. The van der Waals surface area contributed by atoms with Gasteiger partial charge in [0.1, 0.15) is 5.75 Å². The third-order valence-electron chi connectivity index (χ3n) is 4.69. The zero-order valence-corrected chi connectivity index (χ0v) is 13.7. The van der Waals surface area contributed by atoms with E-state index in [4.69, 9.17) is 4.74 Å². The number of nitrogens with one attached hydrogen (secondary N) is 1. The number of ether oxygens (including phenoxy) is 1. The standard InChI is InChI=1S/C19H31NO/c1-3-5-14-21-18-12-10-16(11-13-18)15-20-19-9-7-6-8-17(19)4-2/h10-13,17,19-20H,3-9,14-15H2,1-2H3. The monoisotopic (exact) mass is 289 g/mol. The summed E-state index contributed by atoms with van der Waals surface area (Å²) in [5, 5.41) is 3.77. The van der Waals surface area contributed by atoms with Gasteiger partial charge in [0.15, 0.2) is 0 Å². The van der Waals surface area contributed by atoms with E-state index >= 15 is 0 Å². The third kappa shape index (κ3) is 5.35. The Morgan fingerprint density at radius 1 is 1.10 bits per heavy atom. The van der Waals surface area contributed by atoms with Crippen molar-refractivity contribution < 1.29 is 4.74 Å². The van der Waals surface area contributed by atoms with Crippen LogP contribution in [0.25, 0.3) is 0 Å². The molecule has 0 spiro atoms. The minimum atomic E-state index is 0.712. The molecular formula is C19H31NO. The highest BCUT2D eigenvalue weighted by molar-refractivity contribution is 5.27. The smallest absolute Gasteiger partial charge is 0.119 e. The first-order chi connectivity index (χ1) is 10.3. The van der Waals surface area contributed by atoms with Gasteiger partial charge in [-0.3, -0.25) is 0 Å². The molecule has 1 aromatic carbocycles. The van der Waals surface area contributed by atoms with Crippen LogP contribution in [-0.2, 0) is 6.54 Å². The lowest BCUT2D eigenvalue weighted by Crippen LogP contribution is -2.37. The van der Waals surface area contributed by atoms with Gasteiger partial charge in [0.05, 0.1) is 6.61 Å². The zero-order chi connectivity index (χ0) is 14.9. The van der Waals surface area contributed by atoms with Gasteiger partial charge < -0.3 is 10.1 Å². The molecule has 2 nitrogen and oxygen atoms in total. The summed E-state index contributed by atoms with van der Waals surface area (Å²) >= 11 is 0. The molecule has 0 aliphatic heterocycles. The SMILES string of the molecule is CCCCOc1ccc(CNC2CCCCC2CC)cc1. The fourth-order valence-corrected chi connectivity index (χ4v) is 3.25. The summed E-state index contributed by atoms with van der Waals surface area (Å²) in [7, 11) is 0. The molecule has 1 aliphatic rings. The first kappa shape index (κ1) is 16.4. The van der Waals surface area contributed by atoms with E-state index in [0.29, 0.717) is 6.04 Å². The molecule has 0 saturated heterocycles. The van der Waals surface area contributed by atoms with Crippen molar-refractivity contribution in [2.24, 2.45) is 5.92 Å². The van der Waals surface area contributed by atoms with Crippen LogP contribution in [0.1, 0.15) is 64.4 Å². The van der Waals surface area contributed by atoms with Crippen molar-refractivity contribution in [2.45, 2.75) is 71.4 Å². The van der Waals surface area contributed by atoms with Gasteiger partial charge >= 0.3 is 0 Å². The van der Waals surface area contributed by atoms with Crippen molar-refractivity contribution in [3.05, 3.63) is 29.8 Å². The number of benzene rings is 1. The van der Waals surface area contributed by atoms with E-state index in [1.54, 1.807) is 0 Å². The number of rotatable bonds is 8. The summed E-state index contributed by atoms with van der Waals surface area (Å²) in [5.74, 6) is 1.87. The lowest BCUT2D eigenvalue weighted by Gasteiger charge is -2.31. The average Bonchev–Trinajstić information content (AvgIpc) is 2.54. The molecule has 2 rings (SSSR count). The Hall–Kier alpha value is -1.02. The predicted octanol–water partition coefficient (Wildman–Crippen LogP) is 4.92. The molecule has 2 heteroatoms. The predicted molar refractivity (Wildman–Crippen MR) is 89.7 cm³/mol. The van der Waals surface area contributed by atoms with Crippen LogP contribution in [0.15, 0.2) is 24.3 Å². The minimum Gasteiger partial charge on any atom is -0.494 e. The molecule has 0 amide bonds. The second-order valence-electron chi connectivity index (χ2n) is 6.29. The van der Waals surface area contributed by atoms with Crippen LogP contribution >= 0.6 is 0 Å². The van der Waals surface area contributed by atoms with E-state index in [9.17, 15) is 0 Å². The minimum absolute atomic E-state index is 0.712. The van der Waals surface area contributed by atoms with E-state index < -0.39 is 0 Å². The van der Waals surface area contributed by atoms with Crippen molar-refractivity contribution >= 4 is 0 Å². The Balaban J connectivity index is 1.77. The Morgan fingerprint density at radius 3 is 2.57 bits per heavy atom. The average molecular weight is 289 g/mol. The Labute approximate surface area is 130 Å². The number of hydrogen-bond donors (Lipinski definition) is 1. The molecule has 1 aromatic rings. The first-order valence-corrected chi connectivity index (χ1v) is 8.78. The van der Waals surface area contributed by atoms with E-state index in [2.05, 4.69) is 43.4 Å². The molecule has 21 heavy (non-hydrogen) atoms. The topological polar surface area (TPSA) is 21.3 Å². The summed E-state index contributed by atoms with van der Waals surface area (Å²) in [4.78, 5) is 0. The van der Waals surface area contributed by atoms with Gasteiger partial charge in [-0.2, -0.15) is 0 Å². The first-order valence-electron chi connectivity index (χ1n) is 8.78. The van der Waals surface area contributed by atoms with Gasteiger partial charge in [-0.15, -0.1) is 0 Å². The van der Waals surface area contributed by atoms with Gasteiger partial charge in [0, 0.05) is 12.6 Å². The molecule has 0 aromatic heterocycles. The van der Waals surface area contributed by atoms with Gasteiger partial charge in [-0.25, -0.2) is 0 Å². The van der Waals surface area contributed by atoms with Gasteiger partial charge in [0.25, 0.3) is 0 Å². The van der Waals surface area contributed by atoms with E-state index in [1.165, 1.54) is 44.1 Å². The van der Waals surface area contributed by atoms with Gasteiger partial charge in [-0.05, 0) is 42.9 Å². The van der Waals surface area contributed by atoms with E-state index in [-0.39, 0.29) is 0 Å². The fraction of sp³-hybridized carbons (Fsp3) is 0.684. The van der Waals surface area contributed by atoms with Crippen molar-refractivity contribution in [3.8, 4) is 5.75 Å². The maximum absolute atomic E-state index is 5.71. The van der Waals surface area contributed by atoms with Gasteiger partial charge in [-0.1, -0.05) is 51.7 Å². The second-order valence-corrected chi connectivity index (χ2v) is 6.29. The lowest BCUT2D eigenvalue weighted by atomic mass is 9.83. The maximum Gasteiger partial charge on any atom is 0.119 e. The summed E-state index contributed by atoms with van der Waals surface area (Å²) in [6.45, 7) is 6.32. The molecule has 2 unspecified atom stereocenters. The molecule has 1 saturated carbocycles. The Kier molecular flexibility index (Phi) is 7.08. The molecule has 2 atom stereocenters. The van der Waals surface area contributed by atoms with Crippen molar-refractivity contribution in [1.29, 1.82) is 0 Å². The van der Waals surface area contributed by atoms with Crippen LogP contribution < -0.4 is 10.1 Å². The van der Waals surface area contributed by atoms with Gasteiger partial charge in [0.2, 0.25) is 0 Å². The molecule has 1 N–H and O–H groups in total. The summed E-state index contributed by atoms with van der Waals surface area (Å²) in [6, 6.07) is 9.30. The number of hydrogen-bond acceptors (Lipinski definition) is 2. The van der Waals surface area contributed by atoms with Crippen LogP contribution in [0, 0.1) is 5.92 Å². The highest BCUT2D eigenvalue weighted by Gasteiger charge is 2.22. The summed E-state index contributed by atoms with van der Waals surface area (Å²) < 4.78 is 5.71.